The molecule has 20 heavy (non-hydrogen) atoms. The van der Waals surface area contributed by atoms with E-state index in [4.69, 9.17) is 0 Å². The third kappa shape index (κ3) is 2.13. The second kappa shape index (κ2) is 5.16. The quantitative estimate of drug-likeness (QED) is 0.819. The Balaban J connectivity index is 2.03. The highest BCUT2D eigenvalue weighted by Gasteiger charge is 2.21. The number of carbonyl (C=O) groups excluding carboxylic acids is 1. The summed E-state index contributed by atoms with van der Waals surface area (Å²) < 4.78 is 2.03. The lowest BCUT2D eigenvalue weighted by atomic mass is 10.1. The van der Waals surface area contributed by atoms with E-state index in [1.807, 2.05) is 40.9 Å². The molecule has 3 rings (SSSR count). The highest BCUT2D eigenvalue weighted by Crippen LogP contribution is 2.24. The Hall–Kier alpha value is -2.03. The third-order valence-corrected chi connectivity index (χ3v) is 4.12. The first kappa shape index (κ1) is 13.0. The molecule has 0 saturated carbocycles. The van der Waals surface area contributed by atoms with Crippen molar-refractivity contribution in [3.63, 3.8) is 0 Å². The summed E-state index contributed by atoms with van der Waals surface area (Å²) in [6, 6.07) is 6.13. The van der Waals surface area contributed by atoms with E-state index in [-0.39, 0.29) is 5.91 Å². The van der Waals surface area contributed by atoms with Crippen molar-refractivity contribution in [1.29, 1.82) is 0 Å². The molecule has 1 aromatic carbocycles. The summed E-state index contributed by atoms with van der Waals surface area (Å²) in [5, 5.41) is 1.04. The normalized spacial score (nSPS) is 15.6. The Morgan fingerprint density at radius 2 is 2.00 bits per heavy atom. The van der Waals surface area contributed by atoms with Crippen molar-refractivity contribution < 1.29 is 4.79 Å². The van der Waals surface area contributed by atoms with Crippen molar-refractivity contribution in [2.75, 3.05) is 13.1 Å². The summed E-state index contributed by atoms with van der Waals surface area (Å²) >= 11 is 0. The van der Waals surface area contributed by atoms with Crippen LogP contribution in [0.25, 0.3) is 17.0 Å². The van der Waals surface area contributed by atoms with Gasteiger partial charge in [0.1, 0.15) is 0 Å². The maximum atomic E-state index is 12.7. The van der Waals surface area contributed by atoms with Crippen molar-refractivity contribution in [3.05, 3.63) is 42.1 Å². The Morgan fingerprint density at radius 1 is 1.25 bits per heavy atom. The molecule has 1 amide bonds. The maximum Gasteiger partial charge on any atom is 0.256 e. The van der Waals surface area contributed by atoms with Gasteiger partial charge in [-0.15, -0.1) is 0 Å². The number of benzene rings is 1. The van der Waals surface area contributed by atoms with Gasteiger partial charge in [-0.05, 0) is 30.9 Å². The smallest absolute Gasteiger partial charge is 0.256 e. The molecule has 0 bridgehead atoms. The molecule has 2 heterocycles. The van der Waals surface area contributed by atoms with E-state index in [9.17, 15) is 4.79 Å². The number of hydrogen-bond donors (Lipinski definition) is 0. The van der Waals surface area contributed by atoms with Gasteiger partial charge in [0, 0.05) is 37.2 Å². The van der Waals surface area contributed by atoms with Crippen molar-refractivity contribution in [3.8, 4) is 0 Å². The summed E-state index contributed by atoms with van der Waals surface area (Å²) in [6.07, 6.45) is 7.27. The van der Waals surface area contributed by atoms with Gasteiger partial charge in [-0.2, -0.15) is 0 Å². The molecule has 0 atom stereocenters. The van der Waals surface area contributed by atoms with Crippen LogP contribution >= 0.6 is 0 Å². The number of piperidine rings is 1. The second-order valence-electron chi connectivity index (χ2n) is 5.49. The van der Waals surface area contributed by atoms with Gasteiger partial charge >= 0.3 is 0 Å². The molecular formula is C17H20N2O. The number of hydrogen-bond acceptors (Lipinski definition) is 1. The molecule has 1 fully saturated rings. The molecular weight excluding hydrogens is 248 g/mol. The van der Waals surface area contributed by atoms with Crippen LogP contribution in [0, 0.1) is 0 Å². The van der Waals surface area contributed by atoms with Gasteiger partial charge < -0.3 is 9.47 Å². The first-order valence-electron chi connectivity index (χ1n) is 7.21. The molecule has 104 valence electrons. The lowest BCUT2D eigenvalue weighted by Gasteiger charge is -2.26. The van der Waals surface area contributed by atoms with Crippen LogP contribution in [0.15, 0.2) is 31.0 Å². The molecule has 1 aromatic heterocycles. The van der Waals surface area contributed by atoms with Crippen LogP contribution in [0.4, 0.5) is 0 Å². The SMILES string of the molecule is C=Cc1ccc2c(C(=O)N3CCCCC3)cn(C)c2c1. The highest BCUT2D eigenvalue weighted by atomic mass is 16.2. The molecule has 0 radical (unpaired) electrons. The van der Waals surface area contributed by atoms with Gasteiger partial charge in [-0.3, -0.25) is 4.79 Å². The summed E-state index contributed by atoms with van der Waals surface area (Å²) in [5.74, 6) is 0.168. The third-order valence-electron chi connectivity index (χ3n) is 4.12. The minimum atomic E-state index is 0.168. The molecule has 3 heteroatoms. The fourth-order valence-corrected chi connectivity index (χ4v) is 2.97. The van der Waals surface area contributed by atoms with Crippen molar-refractivity contribution in [2.24, 2.45) is 7.05 Å². The number of aromatic nitrogens is 1. The van der Waals surface area contributed by atoms with Crippen LogP contribution in [-0.4, -0.2) is 28.5 Å². The highest BCUT2D eigenvalue weighted by molar-refractivity contribution is 6.07. The second-order valence-corrected chi connectivity index (χ2v) is 5.49. The predicted octanol–water partition coefficient (Wildman–Crippen LogP) is 3.45. The average Bonchev–Trinajstić information content (AvgIpc) is 2.84. The van der Waals surface area contributed by atoms with Crippen LogP contribution in [0.3, 0.4) is 0 Å². The lowest BCUT2D eigenvalue weighted by Crippen LogP contribution is -2.35. The number of amides is 1. The fourth-order valence-electron chi connectivity index (χ4n) is 2.97. The summed E-state index contributed by atoms with van der Waals surface area (Å²) in [4.78, 5) is 14.7. The van der Waals surface area contributed by atoms with E-state index in [0.29, 0.717) is 0 Å². The topological polar surface area (TPSA) is 25.2 Å². The monoisotopic (exact) mass is 268 g/mol. The van der Waals surface area contributed by atoms with Crippen LogP contribution in [0.2, 0.25) is 0 Å². The number of fused-ring (bicyclic) bond motifs is 1. The molecule has 2 aromatic rings. The van der Waals surface area contributed by atoms with Gasteiger partial charge in [0.2, 0.25) is 0 Å². The van der Waals surface area contributed by atoms with E-state index in [2.05, 4.69) is 12.6 Å². The zero-order valence-electron chi connectivity index (χ0n) is 11.9. The molecule has 0 aliphatic carbocycles. The van der Waals surface area contributed by atoms with E-state index < -0.39 is 0 Å². The van der Waals surface area contributed by atoms with Crippen LogP contribution in [0.1, 0.15) is 35.2 Å². The molecule has 1 aliphatic rings. The molecule has 1 aliphatic heterocycles. The Morgan fingerprint density at radius 3 is 2.70 bits per heavy atom. The fraction of sp³-hybridized carbons (Fsp3) is 0.353. The zero-order chi connectivity index (χ0) is 14.1. The standard InChI is InChI=1S/C17H20N2O/c1-3-13-7-8-14-15(12-18(2)16(14)11-13)17(20)19-9-5-4-6-10-19/h3,7-8,11-12H,1,4-6,9-10H2,2H3. The molecule has 0 unspecified atom stereocenters. The van der Waals surface area contributed by atoms with E-state index >= 15 is 0 Å². The number of nitrogens with zero attached hydrogens (tertiary/aromatic N) is 2. The van der Waals surface area contributed by atoms with Gasteiger partial charge in [0.15, 0.2) is 0 Å². The largest absolute Gasteiger partial charge is 0.350 e. The van der Waals surface area contributed by atoms with E-state index in [1.165, 1.54) is 6.42 Å². The summed E-state index contributed by atoms with van der Waals surface area (Å²) in [7, 11) is 1.99. The molecule has 1 saturated heterocycles. The summed E-state index contributed by atoms with van der Waals surface area (Å²) in [6.45, 7) is 5.58. The van der Waals surface area contributed by atoms with Crippen LogP contribution in [-0.2, 0) is 7.05 Å². The Labute approximate surface area is 119 Å². The number of rotatable bonds is 2. The molecule has 0 N–H and O–H groups in total. The van der Waals surface area contributed by atoms with Gasteiger partial charge in [-0.25, -0.2) is 0 Å². The van der Waals surface area contributed by atoms with Gasteiger partial charge in [-0.1, -0.05) is 24.8 Å². The van der Waals surface area contributed by atoms with E-state index in [1.54, 1.807) is 0 Å². The first-order chi connectivity index (χ1) is 9.70. The Kier molecular flexibility index (Phi) is 3.35. The maximum absolute atomic E-state index is 12.7. The lowest BCUT2D eigenvalue weighted by molar-refractivity contribution is 0.0726. The average molecular weight is 268 g/mol. The van der Waals surface area contributed by atoms with Crippen molar-refractivity contribution in [2.45, 2.75) is 19.3 Å². The molecule has 0 spiro atoms. The van der Waals surface area contributed by atoms with Gasteiger partial charge in [0.05, 0.1) is 5.56 Å². The first-order valence-corrected chi connectivity index (χ1v) is 7.21. The predicted molar refractivity (Wildman–Crippen MR) is 82.8 cm³/mol. The summed E-state index contributed by atoms with van der Waals surface area (Å²) in [5.41, 5.74) is 2.98. The molecule has 3 nitrogen and oxygen atoms in total. The minimum Gasteiger partial charge on any atom is -0.350 e. The van der Waals surface area contributed by atoms with Crippen molar-refractivity contribution >= 4 is 22.9 Å². The van der Waals surface area contributed by atoms with Crippen LogP contribution < -0.4 is 0 Å². The zero-order valence-corrected chi connectivity index (χ0v) is 11.9. The number of carbonyl (C=O) groups is 1. The van der Waals surface area contributed by atoms with E-state index in [0.717, 1.165) is 48.0 Å². The Bertz CT molecular complexity index is 663. The van der Waals surface area contributed by atoms with Gasteiger partial charge in [0.25, 0.3) is 5.91 Å². The minimum absolute atomic E-state index is 0.168. The van der Waals surface area contributed by atoms with Crippen LogP contribution in [0.5, 0.6) is 0 Å². The number of likely N-dealkylation sites (tertiary alicyclic amines) is 1. The van der Waals surface area contributed by atoms with Crippen molar-refractivity contribution in [1.82, 2.24) is 9.47 Å². The number of aryl methyl sites for hydroxylation is 1.